The van der Waals surface area contributed by atoms with Gasteiger partial charge in [-0.3, -0.25) is 4.98 Å². The first-order valence-electron chi connectivity index (χ1n) is 5.47. The molecule has 1 aliphatic rings. The van der Waals surface area contributed by atoms with Crippen LogP contribution in [0.5, 0.6) is 0 Å². The molecular formula is C13H11NO3. The summed E-state index contributed by atoms with van der Waals surface area (Å²) in [6.07, 6.45) is 3.24. The molecule has 1 N–H and O–H groups in total. The first-order valence-corrected chi connectivity index (χ1v) is 5.47. The van der Waals surface area contributed by atoms with Gasteiger partial charge in [0.25, 0.3) is 0 Å². The molecule has 0 saturated carbocycles. The van der Waals surface area contributed by atoms with E-state index in [2.05, 4.69) is 4.98 Å². The molecule has 0 spiro atoms. The number of pyridine rings is 1. The van der Waals surface area contributed by atoms with Crippen LogP contribution >= 0.6 is 0 Å². The molecule has 0 aliphatic heterocycles. The van der Waals surface area contributed by atoms with Gasteiger partial charge in [-0.05, 0) is 31.0 Å². The summed E-state index contributed by atoms with van der Waals surface area (Å²) in [5.74, 6) is 0.0169. The number of aromatic carboxylic acids is 1. The lowest BCUT2D eigenvalue weighted by atomic mass is 9.93. The van der Waals surface area contributed by atoms with Crippen molar-refractivity contribution in [3.8, 4) is 11.3 Å². The highest BCUT2D eigenvalue weighted by Crippen LogP contribution is 2.33. The van der Waals surface area contributed by atoms with Gasteiger partial charge in [-0.1, -0.05) is 0 Å². The number of carbonyl (C=O) groups is 1. The lowest BCUT2D eigenvalue weighted by molar-refractivity contribution is 0.0695. The fourth-order valence-electron chi connectivity index (χ4n) is 2.28. The minimum Gasteiger partial charge on any atom is -0.478 e. The molecule has 0 unspecified atom stereocenters. The van der Waals surface area contributed by atoms with E-state index in [0.29, 0.717) is 5.69 Å². The SMILES string of the molecule is Cc1nc2c(cc1C(=O)O)CCc1occc1-2. The van der Waals surface area contributed by atoms with Crippen LogP contribution in [0.2, 0.25) is 0 Å². The maximum Gasteiger partial charge on any atom is 0.337 e. The van der Waals surface area contributed by atoms with Crippen LogP contribution in [0.15, 0.2) is 22.8 Å². The Bertz CT molecular complexity index is 613. The molecular weight excluding hydrogens is 218 g/mol. The minimum atomic E-state index is -0.921. The van der Waals surface area contributed by atoms with Gasteiger partial charge in [0.15, 0.2) is 0 Å². The molecule has 2 aromatic heterocycles. The summed E-state index contributed by atoms with van der Waals surface area (Å²) >= 11 is 0. The second kappa shape index (κ2) is 3.45. The highest BCUT2D eigenvalue weighted by molar-refractivity contribution is 5.90. The predicted octanol–water partition coefficient (Wildman–Crippen LogP) is 2.45. The Balaban J connectivity index is 2.24. The van der Waals surface area contributed by atoms with E-state index in [4.69, 9.17) is 9.52 Å². The maximum absolute atomic E-state index is 11.0. The van der Waals surface area contributed by atoms with Crippen LogP contribution in [-0.2, 0) is 12.8 Å². The van der Waals surface area contributed by atoms with Crippen molar-refractivity contribution in [2.45, 2.75) is 19.8 Å². The van der Waals surface area contributed by atoms with Crippen LogP contribution in [0, 0.1) is 6.92 Å². The van der Waals surface area contributed by atoms with Gasteiger partial charge in [-0.25, -0.2) is 4.79 Å². The number of carboxylic acid groups (broad SMARTS) is 1. The molecule has 3 rings (SSSR count). The van der Waals surface area contributed by atoms with Crippen LogP contribution < -0.4 is 0 Å². The number of fused-ring (bicyclic) bond motifs is 3. The molecule has 0 fully saturated rings. The van der Waals surface area contributed by atoms with Gasteiger partial charge in [-0.15, -0.1) is 0 Å². The van der Waals surface area contributed by atoms with E-state index in [1.54, 1.807) is 19.3 Å². The van der Waals surface area contributed by atoms with E-state index in [1.165, 1.54) is 0 Å². The standard InChI is InChI=1S/C13H11NO3/c1-7-10(13(15)16)6-8-2-3-11-9(4-5-17-11)12(8)14-7/h4-6H,2-3H2,1H3,(H,15,16). The van der Waals surface area contributed by atoms with Crippen molar-refractivity contribution in [3.05, 3.63) is 41.0 Å². The largest absolute Gasteiger partial charge is 0.478 e. The highest BCUT2D eigenvalue weighted by Gasteiger charge is 2.22. The molecule has 0 radical (unpaired) electrons. The summed E-state index contributed by atoms with van der Waals surface area (Å²) in [6, 6.07) is 3.62. The summed E-state index contributed by atoms with van der Waals surface area (Å²) in [6.45, 7) is 1.72. The molecule has 4 nitrogen and oxygen atoms in total. The van der Waals surface area contributed by atoms with Gasteiger partial charge < -0.3 is 9.52 Å². The number of furan rings is 1. The quantitative estimate of drug-likeness (QED) is 0.815. The van der Waals surface area contributed by atoms with Crippen LogP contribution in [0.3, 0.4) is 0 Å². The van der Waals surface area contributed by atoms with Gasteiger partial charge in [0.2, 0.25) is 0 Å². The van der Waals surface area contributed by atoms with Gasteiger partial charge in [0, 0.05) is 12.0 Å². The van der Waals surface area contributed by atoms with E-state index in [-0.39, 0.29) is 5.56 Å². The van der Waals surface area contributed by atoms with Crippen molar-refractivity contribution in [2.24, 2.45) is 0 Å². The lowest BCUT2D eigenvalue weighted by Crippen LogP contribution is -2.09. The van der Waals surface area contributed by atoms with Crippen LogP contribution in [-0.4, -0.2) is 16.1 Å². The lowest BCUT2D eigenvalue weighted by Gasteiger charge is -2.16. The topological polar surface area (TPSA) is 63.3 Å². The van der Waals surface area contributed by atoms with Gasteiger partial charge >= 0.3 is 5.97 Å². The first kappa shape index (κ1) is 10.1. The third-order valence-electron chi connectivity index (χ3n) is 3.14. The highest BCUT2D eigenvalue weighted by atomic mass is 16.4. The number of hydrogen-bond donors (Lipinski definition) is 1. The average Bonchev–Trinajstić information content (AvgIpc) is 2.76. The fraction of sp³-hybridized carbons (Fsp3) is 0.231. The molecule has 2 heterocycles. The number of hydrogen-bond acceptors (Lipinski definition) is 3. The Labute approximate surface area is 97.9 Å². The van der Waals surface area contributed by atoms with E-state index >= 15 is 0 Å². The molecule has 0 saturated heterocycles. The molecule has 1 aliphatic carbocycles. The van der Waals surface area contributed by atoms with Crippen LogP contribution in [0.25, 0.3) is 11.3 Å². The summed E-state index contributed by atoms with van der Waals surface area (Å²) < 4.78 is 5.37. The van der Waals surface area contributed by atoms with E-state index in [1.807, 2.05) is 6.07 Å². The molecule has 0 bridgehead atoms. The minimum absolute atomic E-state index is 0.288. The van der Waals surface area contributed by atoms with Gasteiger partial charge in [0.05, 0.1) is 23.2 Å². The third-order valence-corrected chi connectivity index (χ3v) is 3.14. The van der Waals surface area contributed by atoms with Crippen molar-refractivity contribution in [3.63, 3.8) is 0 Å². The first-order chi connectivity index (χ1) is 8.16. The smallest absolute Gasteiger partial charge is 0.337 e. The van der Waals surface area contributed by atoms with Crippen molar-refractivity contribution < 1.29 is 14.3 Å². The second-order valence-corrected chi connectivity index (χ2v) is 4.19. The molecule has 86 valence electrons. The number of nitrogens with zero attached hydrogens (tertiary/aromatic N) is 1. The number of rotatable bonds is 1. The average molecular weight is 229 g/mol. The summed E-state index contributed by atoms with van der Waals surface area (Å²) in [4.78, 5) is 15.5. The van der Waals surface area contributed by atoms with Gasteiger partial charge in [-0.2, -0.15) is 0 Å². The molecule has 2 aromatic rings. The second-order valence-electron chi connectivity index (χ2n) is 4.19. The Hall–Kier alpha value is -2.10. The molecule has 0 amide bonds. The Morgan fingerprint density at radius 3 is 3.06 bits per heavy atom. The van der Waals surface area contributed by atoms with Crippen molar-refractivity contribution in [1.29, 1.82) is 0 Å². The van der Waals surface area contributed by atoms with Crippen LogP contribution in [0.4, 0.5) is 0 Å². The van der Waals surface area contributed by atoms with E-state index < -0.39 is 5.97 Å². The third kappa shape index (κ3) is 1.45. The summed E-state index contributed by atoms with van der Waals surface area (Å²) in [7, 11) is 0. The Morgan fingerprint density at radius 2 is 2.29 bits per heavy atom. The normalized spacial score (nSPS) is 13.0. The van der Waals surface area contributed by atoms with Gasteiger partial charge in [0.1, 0.15) is 5.76 Å². The zero-order valence-electron chi connectivity index (χ0n) is 9.36. The zero-order valence-corrected chi connectivity index (χ0v) is 9.36. The Morgan fingerprint density at radius 1 is 1.47 bits per heavy atom. The monoisotopic (exact) mass is 229 g/mol. The molecule has 0 atom stereocenters. The summed E-state index contributed by atoms with van der Waals surface area (Å²) in [5.41, 5.74) is 3.68. The molecule has 17 heavy (non-hydrogen) atoms. The Kier molecular flexibility index (Phi) is 2.04. The van der Waals surface area contributed by atoms with Crippen LogP contribution in [0.1, 0.15) is 27.4 Å². The molecule has 0 aromatic carbocycles. The number of aromatic nitrogens is 1. The number of carboxylic acids is 1. The van der Waals surface area contributed by atoms with E-state index in [0.717, 1.165) is 35.4 Å². The predicted molar refractivity (Wildman–Crippen MR) is 61.0 cm³/mol. The van der Waals surface area contributed by atoms with Crippen molar-refractivity contribution >= 4 is 5.97 Å². The fourth-order valence-corrected chi connectivity index (χ4v) is 2.28. The number of aryl methyl sites for hydroxylation is 3. The van der Waals surface area contributed by atoms with Crippen molar-refractivity contribution in [1.82, 2.24) is 4.98 Å². The molecule has 4 heteroatoms. The van der Waals surface area contributed by atoms with E-state index in [9.17, 15) is 4.79 Å². The van der Waals surface area contributed by atoms with Crippen molar-refractivity contribution in [2.75, 3.05) is 0 Å². The summed E-state index contributed by atoms with van der Waals surface area (Å²) in [5, 5.41) is 9.06. The maximum atomic E-state index is 11.0. The zero-order chi connectivity index (χ0) is 12.0.